The van der Waals surface area contributed by atoms with Crippen molar-refractivity contribution < 1.29 is 23.4 Å². The maximum atomic E-state index is 7.21. The Morgan fingerprint density at radius 2 is 1.73 bits per heavy atom. The van der Waals surface area contributed by atoms with Crippen molar-refractivity contribution >= 4 is 34.3 Å². The highest BCUT2D eigenvalue weighted by Crippen LogP contribution is 2.67. The van der Waals surface area contributed by atoms with Gasteiger partial charge in [0.1, 0.15) is 21.3 Å². The molecular weight excluding hydrogens is 539 g/mol. The van der Waals surface area contributed by atoms with Crippen LogP contribution in [0.1, 0.15) is 51.9 Å². The van der Waals surface area contributed by atoms with Gasteiger partial charge in [-0.3, -0.25) is 0 Å². The van der Waals surface area contributed by atoms with Gasteiger partial charge in [0.2, 0.25) is 0 Å². The fourth-order valence-corrected chi connectivity index (χ4v) is 10.3. The first-order valence-electron chi connectivity index (χ1n) is 15.1. The Labute approximate surface area is 244 Å². The molecule has 226 valence electrons. The van der Waals surface area contributed by atoms with Gasteiger partial charge >= 0.3 is 0 Å². The molecule has 0 aromatic rings. The summed E-state index contributed by atoms with van der Waals surface area (Å²) in [6, 6.07) is 0. The molecule has 0 bridgehead atoms. The molecule has 10 heteroatoms. The highest BCUT2D eigenvalue weighted by molar-refractivity contribution is 6.70. The van der Waals surface area contributed by atoms with Gasteiger partial charge in [0, 0.05) is 17.4 Å². The van der Waals surface area contributed by atoms with E-state index in [0.29, 0.717) is 24.4 Å². The van der Waals surface area contributed by atoms with Crippen molar-refractivity contribution in [2.75, 3.05) is 27.9 Å². The summed E-state index contributed by atoms with van der Waals surface area (Å²) < 4.78 is 13.6. The summed E-state index contributed by atoms with van der Waals surface area (Å²) in [5, 5.41) is 13.4. The second-order valence-electron chi connectivity index (χ2n) is 14.5. The normalized spacial score (nSPS) is 37.5. The average Bonchev–Trinajstić information content (AvgIpc) is 3.23. The van der Waals surface area contributed by atoms with E-state index in [1.807, 2.05) is 0 Å². The zero-order chi connectivity index (χ0) is 29.3. The van der Waals surface area contributed by atoms with Crippen molar-refractivity contribution in [1.29, 1.82) is 0 Å². The second-order valence-corrected chi connectivity index (χ2v) is 23.5. The Kier molecular flexibility index (Phi) is 9.44. The van der Waals surface area contributed by atoms with E-state index in [1.165, 1.54) is 5.57 Å². The summed E-state index contributed by atoms with van der Waals surface area (Å²) in [4.78, 5) is 16.0. The van der Waals surface area contributed by atoms with Gasteiger partial charge in [0.15, 0.2) is 16.6 Å². The Bertz CT molecular complexity index is 1030. The van der Waals surface area contributed by atoms with Gasteiger partial charge in [-0.25, -0.2) is 0 Å². The standard InChI is InChI=1S/C30H53N3O5Si2/c1-29-16-15-22(32-35-3)17-21(29)11-12-23-24-13-14-25(26(33-36-4)19-37-39(5,6)7)30(24,20-31-34-2)18-27(28(23)29)38-40(8,9)10/h17,20,23-25,27-28H,11-16,18-19H2,1-10H3/b31-20+,32-22-,33-26-/t23-,24-,25+,27?,28+,29-,30+/m0/s1. The SMILES string of the molecule is CO/N=C1\C=C2CC[C@H]3[C@@H]4CC[C@H](/C(CO[Si](C)(C)C)=N\OC)[C@@]4(/C=N/OC)CC(O[Si](C)(C)C)[C@@H]3[C@@]2(C)CC1. The van der Waals surface area contributed by atoms with Gasteiger partial charge in [0.05, 0.1) is 24.2 Å². The minimum absolute atomic E-state index is 0.0903. The van der Waals surface area contributed by atoms with Crippen molar-refractivity contribution in [3.8, 4) is 0 Å². The first kappa shape index (κ1) is 31.4. The van der Waals surface area contributed by atoms with Crippen LogP contribution in [0.3, 0.4) is 0 Å². The molecule has 0 aliphatic heterocycles. The molecule has 0 amide bonds. The quantitative estimate of drug-likeness (QED) is 0.157. The monoisotopic (exact) mass is 591 g/mol. The Morgan fingerprint density at radius 3 is 2.35 bits per heavy atom. The van der Waals surface area contributed by atoms with E-state index in [4.69, 9.17) is 23.4 Å². The Hall–Kier alpha value is -1.50. The number of fused-ring (bicyclic) bond motifs is 5. The highest BCUT2D eigenvalue weighted by atomic mass is 28.4. The molecule has 7 atom stereocenters. The molecule has 3 fully saturated rings. The van der Waals surface area contributed by atoms with Crippen molar-refractivity contribution in [3.63, 3.8) is 0 Å². The number of allylic oxidation sites excluding steroid dienone is 2. The van der Waals surface area contributed by atoms with E-state index in [0.717, 1.165) is 56.4 Å². The summed E-state index contributed by atoms with van der Waals surface area (Å²) >= 11 is 0. The minimum atomic E-state index is -1.86. The number of rotatable bonds is 10. The summed E-state index contributed by atoms with van der Waals surface area (Å²) in [6.45, 7) is 16.6. The van der Waals surface area contributed by atoms with Crippen molar-refractivity contribution in [2.45, 2.75) is 97.3 Å². The van der Waals surface area contributed by atoms with Gasteiger partial charge < -0.3 is 23.4 Å². The number of oxime groups is 3. The van der Waals surface area contributed by atoms with E-state index in [-0.39, 0.29) is 22.9 Å². The van der Waals surface area contributed by atoms with Crippen LogP contribution >= 0.6 is 0 Å². The average molecular weight is 592 g/mol. The maximum Gasteiger partial charge on any atom is 0.184 e. The fraction of sp³-hybridized carbons (Fsp3) is 0.833. The van der Waals surface area contributed by atoms with Crippen molar-refractivity contribution in [2.24, 2.45) is 50.0 Å². The van der Waals surface area contributed by atoms with E-state index in [2.05, 4.69) is 74.0 Å². The van der Waals surface area contributed by atoms with Crippen molar-refractivity contribution in [1.82, 2.24) is 0 Å². The molecule has 8 nitrogen and oxygen atoms in total. The molecule has 0 heterocycles. The molecule has 0 aromatic carbocycles. The first-order chi connectivity index (χ1) is 18.8. The molecule has 3 saturated carbocycles. The molecule has 4 aliphatic rings. The van der Waals surface area contributed by atoms with Crippen LogP contribution in [0.4, 0.5) is 0 Å². The molecule has 0 N–H and O–H groups in total. The van der Waals surface area contributed by atoms with Gasteiger partial charge in [-0.2, -0.15) is 0 Å². The molecule has 0 saturated heterocycles. The molecule has 40 heavy (non-hydrogen) atoms. The molecule has 4 aliphatic carbocycles. The Balaban J connectivity index is 1.80. The third kappa shape index (κ3) is 6.29. The van der Waals surface area contributed by atoms with E-state index in [1.54, 1.807) is 21.3 Å². The minimum Gasteiger partial charge on any atom is -0.414 e. The van der Waals surface area contributed by atoms with Crippen LogP contribution in [0.25, 0.3) is 0 Å². The summed E-state index contributed by atoms with van der Waals surface area (Å²) in [5.74, 6) is 1.65. The number of hydrogen-bond acceptors (Lipinski definition) is 8. The third-order valence-corrected chi connectivity index (χ3v) is 11.9. The smallest absolute Gasteiger partial charge is 0.184 e. The van der Waals surface area contributed by atoms with Crippen LogP contribution in [-0.4, -0.2) is 68.3 Å². The molecule has 0 radical (unpaired) electrons. The summed E-state index contributed by atoms with van der Waals surface area (Å²) in [5.41, 5.74) is 3.47. The molecule has 1 unspecified atom stereocenters. The molecular formula is C30H53N3O5Si2. The van der Waals surface area contributed by atoms with Gasteiger partial charge in [-0.1, -0.05) is 28.0 Å². The van der Waals surface area contributed by atoms with Crippen molar-refractivity contribution in [3.05, 3.63) is 11.6 Å². The molecule has 4 rings (SSSR count). The highest BCUT2D eigenvalue weighted by Gasteiger charge is 2.65. The fourth-order valence-electron chi connectivity index (χ4n) is 8.58. The lowest BCUT2D eigenvalue weighted by Gasteiger charge is -2.61. The summed E-state index contributed by atoms with van der Waals surface area (Å²) in [6.07, 6.45) is 12.0. The van der Waals surface area contributed by atoms with E-state index < -0.39 is 16.6 Å². The number of nitrogens with zero attached hydrogens (tertiary/aromatic N) is 3. The zero-order valence-corrected chi connectivity index (χ0v) is 28.6. The molecule has 0 aromatic heterocycles. The van der Waals surface area contributed by atoms with Crippen LogP contribution in [-0.2, 0) is 23.4 Å². The zero-order valence-electron chi connectivity index (χ0n) is 26.6. The first-order valence-corrected chi connectivity index (χ1v) is 21.9. The predicted octanol–water partition coefficient (Wildman–Crippen LogP) is 6.86. The van der Waals surface area contributed by atoms with Gasteiger partial charge in [0.25, 0.3) is 0 Å². The van der Waals surface area contributed by atoms with Crippen LogP contribution in [0, 0.1) is 34.5 Å². The Morgan fingerprint density at radius 1 is 0.975 bits per heavy atom. The lowest BCUT2D eigenvalue weighted by molar-refractivity contribution is -0.0982. The second kappa shape index (κ2) is 12.0. The number of hydrogen-bond donors (Lipinski definition) is 0. The van der Waals surface area contributed by atoms with Crippen LogP contribution in [0.5, 0.6) is 0 Å². The predicted molar refractivity (Wildman–Crippen MR) is 167 cm³/mol. The lowest BCUT2D eigenvalue weighted by atomic mass is 9.45. The lowest BCUT2D eigenvalue weighted by Crippen LogP contribution is -2.60. The van der Waals surface area contributed by atoms with E-state index >= 15 is 0 Å². The third-order valence-electron chi connectivity index (χ3n) is 9.87. The topological polar surface area (TPSA) is 83.2 Å². The largest absolute Gasteiger partial charge is 0.414 e. The van der Waals surface area contributed by atoms with Crippen LogP contribution in [0.2, 0.25) is 39.3 Å². The maximum absolute atomic E-state index is 7.21. The molecule has 0 spiro atoms. The van der Waals surface area contributed by atoms with Crippen LogP contribution in [0.15, 0.2) is 27.1 Å². The van der Waals surface area contributed by atoms with Gasteiger partial charge in [-0.05, 0) is 113 Å². The van der Waals surface area contributed by atoms with E-state index in [9.17, 15) is 0 Å². The van der Waals surface area contributed by atoms with Crippen LogP contribution < -0.4 is 0 Å². The summed E-state index contributed by atoms with van der Waals surface area (Å²) in [7, 11) is 1.32. The van der Waals surface area contributed by atoms with Gasteiger partial charge in [-0.15, -0.1) is 0 Å².